The first-order valence-electron chi connectivity index (χ1n) is 22.2. The summed E-state index contributed by atoms with van der Waals surface area (Å²) in [5, 5.41) is 10.9. The molecule has 0 aromatic heterocycles. The van der Waals surface area contributed by atoms with E-state index in [1.807, 2.05) is 91.0 Å². The Morgan fingerprint density at radius 3 is 1.45 bits per heavy atom. The zero-order chi connectivity index (χ0) is 42.7. The van der Waals surface area contributed by atoms with Gasteiger partial charge in [0, 0.05) is 6.42 Å². The number of aliphatic hydroxyl groups is 1. The van der Waals surface area contributed by atoms with Crippen molar-refractivity contribution in [3.8, 4) is 0 Å². The molecule has 2 N–H and O–H groups in total. The lowest BCUT2D eigenvalue weighted by molar-refractivity contribution is -0.322. The maximum absolute atomic E-state index is 12.5. The van der Waals surface area contributed by atoms with Crippen LogP contribution in [0.2, 0.25) is 0 Å². The third kappa shape index (κ3) is 20.6. The molecule has 11 nitrogen and oxygen atoms in total. The van der Waals surface area contributed by atoms with Gasteiger partial charge >= 0.3 is 5.97 Å². The van der Waals surface area contributed by atoms with Gasteiger partial charge in [0.1, 0.15) is 42.9 Å². The maximum atomic E-state index is 12.5. The minimum Gasteiger partial charge on any atom is -0.463 e. The van der Waals surface area contributed by atoms with Gasteiger partial charge in [-0.3, -0.25) is 9.35 Å². The fourth-order valence-corrected chi connectivity index (χ4v) is 8.06. The largest absolute Gasteiger partial charge is 0.463 e. The third-order valence-electron chi connectivity index (χ3n) is 10.7. The number of hydrogen-bond donors (Lipinski definition) is 2. The van der Waals surface area contributed by atoms with E-state index < -0.39 is 52.7 Å². The molecule has 1 fully saturated rings. The number of carbonyl (C=O) groups excluding carboxylic acids is 1. The number of ether oxygens (including phenoxy) is 6. The summed E-state index contributed by atoms with van der Waals surface area (Å²) in [6.07, 6.45) is 12.2. The second-order valence-electron chi connectivity index (χ2n) is 15.9. The number of unbranched alkanes of at least 4 members (excludes halogenated alkanes) is 14. The van der Waals surface area contributed by atoms with Gasteiger partial charge in [0.15, 0.2) is 6.29 Å². The molecule has 60 heavy (non-hydrogen) atoms. The van der Waals surface area contributed by atoms with Crippen LogP contribution in [0.3, 0.4) is 0 Å². The monoisotopic (exact) mass is 854 g/mol. The van der Waals surface area contributed by atoms with Crippen LogP contribution in [0.4, 0.5) is 0 Å². The summed E-state index contributed by atoms with van der Waals surface area (Å²) in [6.45, 7) is 2.01. The van der Waals surface area contributed by atoms with E-state index in [2.05, 4.69) is 6.92 Å². The minimum atomic E-state index is -4.56. The predicted molar refractivity (Wildman–Crippen MR) is 233 cm³/mol. The van der Waals surface area contributed by atoms with Crippen molar-refractivity contribution in [2.45, 2.75) is 166 Å². The lowest BCUT2D eigenvalue weighted by atomic mass is 9.98. The summed E-state index contributed by atoms with van der Waals surface area (Å²) in [7, 11) is -4.56. The molecular formula is C48H70O11S. The molecule has 0 amide bonds. The molecule has 1 aliphatic heterocycles. The van der Waals surface area contributed by atoms with Crippen LogP contribution in [-0.2, 0) is 63.2 Å². The summed E-state index contributed by atoms with van der Waals surface area (Å²) >= 11 is 0. The Morgan fingerprint density at radius 1 is 0.583 bits per heavy atom. The van der Waals surface area contributed by atoms with E-state index in [1.165, 1.54) is 77.0 Å². The van der Waals surface area contributed by atoms with Crippen LogP contribution >= 0.6 is 0 Å². The molecule has 0 aliphatic carbocycles. The average molecular weight is 855 g/mol. The third-order valence-corrected chi connectivity index (χ3v) is 11.4. The summed E-state index contributed by atoms with van der Waals surface area (Å²) in [4.78, 5) is 12.5. The van der Waals surface area contributed by atoms with E-state index in [4.69, 9.17) is 28.4 Å². The molecular weight excluding hydrogens is 785 g/mol. The second kappa shape index (κ2) is 29.2. The van der Waals surface area contributed by atoms with Crippen molar-refractivity contribution < 1.29 is 51.3 Å². The first-order chi connectivity index (χ1) is 29.2. The van der Waals surface area contributed by atoms with Gasteiger partial charge in [-0.15, -0.1) is 0 Å². The Morgan fingerprint density at radius 2 is 1.00 bits per heavy atom. The highest BCUT2D eigenvalue weighted by molar-refractivity contribution is 7.85. The molecule has 1 saturated heterocycles. The lowest BCUT2D eigenvalue weighted by Crippen LogP contribution is -2.62. The average Bonchev–Trinajstić information content (AvgIpc) is 3.25. The number of benzene rings is 3. The predicted octanol–water partition coefficient (Wildman–Crippen LogP) is 9.54. The number of hydrogen-bond acceptors (Lipinski definition) is 10. The normalized spacial score (nSPS) is 19.9. The van der Waals surface area contributed by atoms with Gasteiger partial charge in [0.2, 0.25) is 0 Å². The van der Waals surface area contributed by atoms with Crippen molar-refractivity contribution in [3.63, 3.8) is 0 Å². The van der Waals surface area contributed by atoms with E-state index in [9.17, 15) is 22.9 Å². The zero-order valence-corrected chi connectivity index (χ0v) is 36.5. The fraction of sp³-hybridized carbons (Fsp3) is 0.604. The van der Waals surface area contributed by atoms with Crippen LogP contribution < -0.4 is 0 Å². The van der Waals surface area contributed by atoms with Crippen molar-refractivity contribution in [2.75, 3.05) is 19.0 Å². The van der Waals surface area contributed by atoms with Crippen molar-refractivity contribution >= 4 is 16.1 Å². The first kappa shape index (κ1) is 49.5. The van der Waals surface area contributed by atoms with Crippen molar-refractivity contribution in [3.05, 3.63) is 108 Å². The first-order valence-corrected chi connectivity index (χ1v) is 23.8. The van der Waals surface area contributed by atoms with Crippen LogP contribution in [0, 0.1) is 0 Å². The molecule has 3 aromatic carbocycles. The highest BCUT2D eigenvalue weighted by Gasteiger charge is 2.50. The Kier molecular flexibility index (Phi) is 24.0. The molecule has 4 rings (SSSR count). The van der Waals surface area contributed by atoms with E-state index in [0.717, 1.165) is 36.0 Å². The summed E-state index contributed by atoms with van der Waals surface area (Å²) in [5.74, 6) is -1.19. The quantitative estimate of drug-likeness (QED) is 0.0352. The molecule has 334 valence electrons. The molecule has 1 unspecified atom stereocenters. The van der Waals surface area contributed by atoms with Crippen LogP contribution in [0.1, 0.15) is 126 Å². The molecule has 3 aromatic rings. The van der Waals surface area contributed by atoms with Gasteiger partial charge in [0.05, 0.1) is 26.4 Å². The maximum Gasteiger partial charge on any atom is 0.305 e. The molecule has 1 heterocycles. The lowest BCUT2D eigenvalue weighted by Gasteiger charge is -2.45. The van der Waals surface area contributed by atoms with Gasteiger partial charge < -0.3 is 33.5 Å². The van der Waals surface area contributed by atoms with E-state index in [-0.39, 0.29) is 45.4 Å². The molecule has 1 aliphatic rings. The van der Waals surface area contributed by atoms with Crippen LogP contribution in [-0.4, -0.2) is 79.8 Å². The number of carbonyl (C=O) groups is 1. The summed E-state index contributed by atoms with van der Waals surface area (Å²) < 4.78 is 71.8. The van der Waals surface area contributed by atoms with Gasteiger partial charge in [-0.1, -0.05) is 188 Å². The van der Waals surface area contributed by atoms with E-state index in [1.54, 1.807) is 0 Å². The molecule has 0 radical (unpaired) electrons. The zero-order valence-electron chi connectivity index (χ0n) is 35.7. The number of rotatable bonds is 32. The van der Waals surface area contributed by atoms with Crippen LogP contribution in [0.5, 0.6) is 0 Å². The Bertz CT molecular complexity index is 1640. The Hall–Kier alpha value is -3.20. The molecule has 0 spiro atoms. The summed E-state index contributed by atoms with van der Waals surface area (Å²) in [6, 6.07) is 28.3. The molecule has 6 atom stereocenters. The standard InChI is InChI=1S/C48H70O11S/c1-2-3-4-5-6-7-8-9-10-11-12-13-14-15-25-32-44(50)54-36-42(49)37-58-48-47(57-35-41-30-23-18-24-31-41)46(56-34-40-28-21-17-22-29-40)45(43(59-48)38-60(51,52)53)55-33-39-26-19-16-20-27-39/h16-24,26-31,42-43,45-49H,2-15,25,32-38H2,1H3,(H,51,52,53)/t42?,43-,45-,46+,47+,48+/m1/s1. The molecule has 12 heteroatoms. The van der Waals surface area contributed by atoms with Gasteiger partial charge in [-0.2, -0.15) is 8.42 Å². The van der Waals surface area contributed by atoms with Crippen LogP contribution in [0.25, 0.3) is 0 Å². The van der Waals surface area contributed by atoms with Gasteiger partial charge in [-0.25, -0.2) is 0 Å². The van der Waals surface area contributed by atoms with E-state index >= 15 is 0 Å². The topological polar surface area (TPSA) is 147 Å². The van der Waals surface area contributed by atoms with Crippen LogP contribution in [0.15, 0.2) is 91.0 Å². The van der Waals surface area contributed by atoms with Crippen molar-refractivity contribution in [2.24, 2.45) is 0 Å². The van der Waals surface area contributed by atoms with E-state index in [0.29, 0.717) is 0 Å². The number of aliphatic hydroxyl groups excluding tert-OH is 1. The smallest absolute Gasteiger partial charge is 0.305 e. The van der Waals surface area contributed by atoms with Gasteiger partial charge in [0.25, 0.3) is 10.1 Å². The Labute approximate surface area is 359 Å². The number of esters is 1. The highest BCUT2D eigenvalue weighted by atomic mass is 32.2. The molecule has 0 saturated carbocycles. The SMILES string of the molecule is CCCCCCCCCCCCCCCCCC(=O)OCC(O)CO[C@H]1O[C@H](CS(=O)(=O)O)[C@@H](OCc2ccccc2)[C@H](OCc2ccccc2)[C@@H]1OCc1ccccc1. The summed E-state index contributed by atoms with van der Waals surface area (Å²) in [5.41, 5.74) is 2.56. The highest BCUT2D eigenvalue weighted by Crippen LogP contribution is 2.32. The minimum absolute atomic E-state index is 0.0997. The van der Waals surface area contributed by atoms with Crippen molar-refractivity contribution in [1.29, 1.82) is 0 Å². The molecule has 0 bridgehead atoms. The van der Waals surface area contributed by atoms with Gasteiger partial charge in [-0.05, 0) is 23.1 Å². The second-order valence-corrected chi connectivity index (χ2v) is 17.4. The van der Waals surface area contributed by atoms with Crippen molar-refractivity contribution in [1.82, 2.24) is 0 Å². The Balaban J connectivity index is 1.30. The fourth-order valence-electron chi connectivity index (χ4n) is 7.38.